The summed E-state index contributed by atoms with van der Waals surface area (Å²) >= 11 is 0. The number of benzene rings is 1. The SMILES string of the molecule is CC(Nc1cc2[nH]ncc2cc1N)C(N)=O. The molecule has 0 aliphatic carbocycles. The van der Waals surface area contributed by atoms with E-state index in [0.29, 0.717) is 11.4 Å². The molecule has 1 heterocycles. The number of aromatic nitrogens is 2. The molecular formula is C10H13N5O. The summed E-state index contributed by atoms with van der Waals surface area (Å²) in [7, 11) is 0. The van der Waals surface area contributed by atoms with Gasteiger partial charge in [-0.15, -0.1) is 0 Å². The number of fused-ring (bicyclic) bond motifs is 1. The second-order valence-corrected chi connectivity index (χ2v) is 3.67. The third-order valence-electron chi connectivity index (χ3n) is 2.41. The van der Waals surface area contributed by atoms with Crippen molar-refractivity contribution in [1.29, 1.82) is 0 Å². The summed E-state index contributed by atoms with van der Waals surface area (Å²) in [6, 6.07) is 3.12. The fourth-order valence-corrected chi connectivity index (χ4v) is 1.44. The van der Waals surface area contributed by atoms with Crippen LogP contribution in [0.2, 0.25) is 0 Å². The van der Waals surface area contributed by atoms with Crippen LogP contribution in [-0.2, 0) is 4.79 Å². The Balaban J connectivity index is 2.36. The number of primary amides is 1. The number of anilines is 2. The van der Waals surface area contributed by atoms with Crippen LogP contribution in [0.5, 0.6) is 0 Å². The molecule has 0 saturated carbocycles. The Kier molecular flexibility index (Phi) is 2.40. The van der Waals surface area contributed by atoms with Gasteiger partial charge in [-0.3, -0.25) is 9.89 Å². The Bertz CT molecular complexity index is 533. The van der Waals surface area contributed by atoms with Gasteiger partial charge < -0.3 is 16.8 Å². The third kappa shape index (κ3) is 1.77. The monoisotopic (exact) mass is 219 g/mol. The van der Waals surface area contributed by atoms with E-state index in [1.165, 1.54) is 0 Å². The highest BCUT2D eigenvalue weighted by Crippen LogP contribution is 2.25. The number of nitrogens with zero attached hydrogens (tertiary/aromatic N) is 1. The van der Waals surface area contributed by atoms with E-state index in [1.54, 1.807) is 25.3 Å². The van der Waals surface area contributed by atoms with E-state index in [1.807, 2.05) is 0 Å². The number of nitrogens with two attached hydrogens (primary N) is 2. The first kappa shape index (κ1) is 10.3. The Morgan fingerprint density at radius 3 is 3.00 bits per heavy atom. The van der Waals surface area contributed by atoms with Gasteiger partial charge in [-0.2, -0.15) is 5.10 Å². The molecule has 1 amide bonds. The number of hydrogen-bond donors (Lipinski definition) is 4. The van der Waals surface area contributed by atoms with Gasteiger partial charge in [0, 0.05) is 5.39 Å². The van der Waals surface area contributed by atoms with Crippen LogP contribution < -0.4 is 16.8 Å². The number of aromatic amines is 1. The number of carbonyl (C=O) groups is 1. The molecular weight excluding hydrogens is 206 g/mol. The summed E-state index contributed by atoms with van der Waals surface area (Å²) in [5.41, 5.74) is 13.1. The molecule has 6 heteroatoms. The van der Waals surface area contributed by atoms with Gasteiger partial charge in [-0.1, -0.05) is 0 Å². The minimum absolute atomic E-state index is 0.427. The normalized spacial score (nSPS) is 12.6. The third-order valence-corrected chi connectivity index (χ3v) is 2.41. The molecule has 1 unspecified atom stereocenters. The molecule has 0 radical (unpaired) electrons. The summed E-state index contributed by atoms with van der Waals surface area (Å²) in [6.07, 6.45) is 1.69. The smallest absolute Gasteiger partial charge is 0.239 e. The van der Waals surface area contributed by atoms with Crippen molar-refractivity contribution in [2.45, 2.75) is 13.0 Å². The van der Waals surface area contributed by atoms with Crippen LogP contribution in [0.25, 0.3) is 10.9 Å². The summed E-state index contributed by atoms with van der Waals surface area (Å²) in [6.45, 7) is 1.68. The summed E-state index contributed by atoms with van der Waals surface area (Å²) in [5.74, 6) is -0.427. The standard InChI is InChI=1S/C10H13N5O/c1-5(10(12)16)14-9-3-8-6(2-7(9)11)4-13-15-8/h2-5,14H,11H2,1H3,(H2,12,16)(H,13,15). The predicted molar refractivity (Wildman–Crippen MR) is 62.8 cm³/mol. The largest absolute Gasteiger partial charge is 0.397 e. The molecule has 0 aliphatic heterocycles. The molecule has 0 bridgehead atoms. The van der Waals surface area contributed by atoms with Crippen LogP contribution in [0.3, 0.4) is 0 Å². The van der Waals surface area contributed by atoms with Gasteiger partial charge in [0.05, 0.1) is 23.1 Å². The van der Waals surface area contributed by atoms with Crippen molar-refractivity contribution in [3.8, 4) is 0 Å². The number of nitrogens with one attached hydrogen (secondary N) is 2. The number of carbonyl (C=O) groups excluding carboxylic acids is 1. The zero-order chi connectivity index (χ0) is 11.7. The molecule has 2 aromatic rings. The summed E-state index contributed by atoms with van der Waals surface area (Å²) < 4.78 is 0. The van der Waals surface area contributed by atoms with Crippen molar-refractivity contribution in [3.63, 3.8) is 0 Å². The van der Waals surface area contributed by atoms with Gasteiger partial charge in [-0.25, -0.2) is 0 Å². The highest BCUT2D eigenvalue weighted by Gasteiger charge is 2.10. The number of nitrogen functional groups attached to an aromatic ring is 1. The van der Waals surface area contributed by atoms with Gasteiger partial charge in [0.25, 0.3) is 0 Å². The average Bonchev–Trinajstić information content (AvgIpc) is 2.65. The van der Waals surface area contributed by atoms with Gasteiger partial charge in [0.2, 0.25) is 5.91 Å². The number of amides is 1. The van der Waals surface area contributed by atoms with Crippen molar-refractivity contribution >= 4 is 28.2 Å². The van der Waals surface area contributed by atoms with Crippen LogP contribution in [0.15, 0.2) is 18.3 Å². The molecule has 2 rings (SSSR count). The predicted octanol–water partition coefficient (Wildman–Crippen LogP) is 0.431. The van der Waals surface area contributed by atoms with Gasteiger partial charge in [0.15, 0.2) is 0 Å². The zero-order valence-electron chi connectivity index (χ0n) is 8.82. The van der Waals surface area contributed by atoms with E-state index >= 15 is 0 Å². The van der Waals surface area contributed by atoms with E-state index in [2.05, 4.69) is 15.5 Å². The Morgan fingerprint density at radius 2 is 2.31 bits per heavy atom. The quantitative estimate of drug-likeness (QED) is 0.561. The number of rotatable bonds is 3. The Labute approximate surface area is 92.0 Å². The molecule has 6 N–H and O–H groups in total. The maximum atomic E-state index is 10.9. The van der Waals surface area contributed by atoms with Gasteiger partial charge in [-0.05, 0) is 19.1 Å². The molecule has 1 aromatic heterocycles. The minimum Gasteiger partial charge on any atom is -0.397 e. The second-order valence-electron chi connectivity index (χ2n) is 3.67. The molecule has 0 saturated heterocycles. The van der Waals surface area contributed by atoms with E-state index in [4.69, 9.17) is 11.5 Å². The van der Waals surface area contributed by atoms with E-state index in [9.17, 15) is 4.79 Å². The lowest BCUT2D eigenvalue weighted by atomic mass is 10.2. The highest BCUT2D eigenvalue weighted by molar-refractivity contribution is 5.90. The Hall–Kier alpha value is -2.24. The second kappa shape index (κ2) is 3.73. The maximum Gasteiger partial charge on any atom is 0.239 e. The van der Waals surface area contributed by atoms with Crippen LogP contribution in [-0.4, -0.2) is 22.1 Å². The lowest BCUT2D eigenvalue weighted by molar-refractivity contribution is -0.118. The van der Waals surface area contributed by atoms with Crippen LogP contribution in [0.4, 0.5) is 11.4 Å². The van der Waals surface area contributed by atoms with Crippen molar-refractivity contribution in [2.24, 2.45) is 5.73 Å². The molecule has 84 valence electrons. The summed E-state index contributed by atoms with van der Waals surface area (Å²) in [5, 5.41) is 10.6. The van der Waals surface area contributed by atoms with Crippen molar-refractivity contribution < 1.29 is 4.79 Å². The number of hydrogen-bond acceptors (Lipinski definition) is 4. The lowest BCUT2D eigenvalue weighted by Crippen LogP contribution is -2.32. The maximum absolute atomic E-state index is 10.9. The summed E-state index contributed by atoms with van der Waals surface area (Å²) in [4.78, 5) is 10.9. The zero-order valence-corrected chi connectivity index (χ0v) is 8.82. The molecule has 0 fully saturated rings. The fourth-order valence-electron chi connectivity index (χ4n) is 1.44. The van der Waals surface area contributed by atoms with Crippen LogP contribution in [0, 0.1) is 0 Å². The molecule has 0 aliphatic rings. The average molecular weight is 219 g/mol. The van der Waals surface area contributed by atoms with Crippen molar-refractivity contribution in [3.05, 3.63) is 18.3 Å². The van der Waals surface area contributed by atoms with Crippen LogP contribution in [0.1, 0.15) is 6.92 Å². The van der Waals surface area contributed by atoms with E-state index < -0.39 is 11.9 Å². The van der Waals surface area contributed by atoms with Gasteiger partial charge in [0.1, 0.15) is 6.04 Å². The minimum atomic E-state index is -0.470. The first-order valence-corrected chi connectivity index (χ1v) is 4.86. The first-order valence-electron chi connectivity index (χ1n) is 4.86. The van der Waals surface area contributed by atoms with Gasteiger partial charge >= 0.3 is 0 Å². The molecule has 1 atom stereocenters. The van der Waals surface area contributed by atoms with Crippen molar-refractivity contribution in [1.82, 2.24) is 10.2 Å². The Morgan fingerprint density at radius 1 is 1.56 bits per heavy atom. The topological polar surface area (TPSA) is 110 Å². The fraction of sp³-hybridized carbons (Fsp3) is 0.200. The molecule has 16 heavy (non-hydrogen) atoms. The highest BCUT2D eigenvalue weighted by atomic mass is 16.1. The molecule has 0 spiro atoms. The first-order chi connectivity index (χ1) is 7.58. The van der Waals surface area contributed by atoms with E-state index in [0.717, 1.165) is 10.9 Å². The van der Waals surface area contributed by atoms with Crippen LogP contribution >= 0.6 is 0 Å². The van der Waals surface area contributed by atoms with Crippen molar-refractivity contribution in [2.75, 3.05) is 11.1 Å². The number of H-pyrrole nitrogens is 1. The van der Waals surface area contributed by atoms with E-state index in [-0.39, 0.29) is 0 Å². The molecule has 1 aromatic carbocycles. The lowest BCUT2D eigenvalue weighted by Gasteiger charge is -2.13. The molecule has 6 nitrogen and oxygen atoms in total.